The summed E-state index contributed by atoms with van der Waals surface area (Å²) in [4.78, 5) is 11.6. The standard InChI is InChI=1S/C15H14N2O2/c16-12-8-13(17)10-14(9-12)19-15(18)7-6-11-4-2-1-3-5-11/h1-10H,16-17H2. The molecule has 4 heteroatoms. The fourth-order valence-corrected chi connectivity index (χ4v) is 1.58. The normalized spacial score (nSPS) is 10.5. The number of nitrogen functional groups attached to an aromatic ring is 2. The Morgan fingerprint density at radius 1 is 1.00 bits per heavy atom. The number of esters is 1. The molecule has 0 amide bonds. The Hall–Kier alpha value is -2.75. The first-order chi connectivity index (χ1) is 9.13. The number of benzene rings is 2. The van der Waals surface area contributed by atoms with Crippen LogP contribution in [-0.2, 0) is 4.79 Å². The lowest BCUT2D eigenvalue weighted by atomic mass is 10.2. The number of carbonyl (C=O) groups excluding carboxylic acids is 1. The molecule has 0 heterocycles. The molecular weight excluding hydrogens is 240 g/mol. The molecule has 0 fully saturated rings. The maximum Gasteiger partial charge on any atom is 0.336 e. The summed E-state index contributed by atoms with van der Waals surface area (Å²) in [5, 5.41) is 0. The Morgan fingerprint density at radius 2 is 1.63 bits per heavy atom. The second kappa shape index (κ2) is 5.73. The monoisotopic (exact) mass is 254 g/mol. The number of hydrogen-bond acceptors (Lipinski definition) is 4. The van der Waals surface area contributed by atoms with Gasteiger partial charge in [-0.1, -0.05) is 30.3 Å². The van der Waals surface area contributed by atoms with E-state index in [0.29, 0.717) is 17.1 Å². The molecule has 19 heavy (non-hydrogen) atoms. The van der Waals surface area contributed by atoms with Crippen molar-refractivity contribution >= 4 is 23.4 Å². The third kappa shape index (κ3) is 3.89. The number of hydrogen-bond donors (Lipinski definition) is 2. The van der Waals surface area contributed by atoms with Crippen LogP contribution in [0.25, 0.3) is 6.08 Å². The van der Waals surface area contributed by atoms with Gasteiger partial charge < -0.3 is 16.2 Å². The molecule has 0 aliphatic carbocycles. The van der Waals surface area contributed by atoms with Crippen LogP contribution in [0.5, 0.6) is 5.75 Å². The van der Waals surface area contributed by atoms with E-state index in [-0.39, 0.29) is 0 Å². The summed E-state index contributed by atoms with van der Waals surface area (Å²) < 4.78 is 5.11. The van der Waals surface area contributed by atoms with Gasteiger partial charge in [0, 0.05) is 29.6 Å². The number of nitrogens with two attached hydrogens (primary N) is 2. The van der Waals surface area contributed by atoms with Gasteiger partial charge in [0.2, 0.25) is 0 Å². The molecule has 2 aromatic rings. The van der Waals surface area contributed by atoms with Crippen molar-refractivity contribution in [2.45, 2.75) is 0 Å². The van der Waals surface area contributed by atoms with Gasteiger partial charge in [-0.25, -0.2) is 4.79 Å². The third-order valence-electron chi connectivity index (χ3n) is 2.38. The van der Waals surface area contributed by atoms with Crippen LogP contribution < -0.4 is 16.2 Å². The van der Waals surface area contributed by atoms with Crippen molar-refractivity contribution in [3.05, 3.63) is 60.2 Å². The summed E-state index contributed by atoms with van der Waals surface area (Å²) in [6.07, 6.45) is 3.03. The lowest BCUT2D eigenvalue weighted by molar-refractivity contribution is -0.128. The molecule has 0 unspecified atom stereocenters. The van der Waals surface area contributed by atoms with E-state index in [9.17, 15) is 4.79 Å². The van der Waals surface area contributed by atoms with E-state index in [1.54, 1.807) is 24.3 Å². The zero-order chi connectivity index (χ0) is 13.7. The predicted octanol–water partition coefficient (Wildman–Crippen LogP) is 2.47. The highest BCUT2D eigenvalue weighted by molar-refractivity contribution is 5.89. The van der Waals surface area contributed by atoms with E-state index in [4.69, 9.17) is 16.2 Å². The molecule has 0 bridgehead atoms. The molecular formula is C15H14N2O2. The van der Waals surface area contributed by atoms with Crippen molar-refractivity contribution in [3.8, 4) is 5.75 Å². The van der Waals surface area contributed by atoms with Gasteiger partial charge in [-0.3, -0.25) is 0 Å². The van der Waals surface area contributed by atoms with Crippen LogP contribution in [0.1, 0.15) is 5.56 Å². The minimum atomic E-state index is -0.478. The van der Waals surface area contributed by atoms with Gasteiger partial charge in [0.1, 0.15) is 5.75 Å². The topological polar surface area (TPSA) is 78.3 Å². The van der Waals surface area contributed by atoms with Crippen molar-refractivity contribution < 1.29 is 9.53 Å². The lowest BCUT2D eigenvalue weighted by Crippen LogP contribution is -2.04. The molecule has 0 saturated carbocycles. The highest BCUT2D eigenvalue weighted by atomic mass is 16.5. The van der Waals surface area contributed by atoms with Gasteiger partial charge in [-0.05, 0) is 17.7 Å². The van der Waals surface area contributed by atoms with E-state index in [0.717, 1.165) is 5.56 Å². The van der Waals surface area contributed by atoms with Gasteiger partial charge in [-0.2, -0.15) is 0 Å². The van der Waals surface area contributed by atoms with Crippen molar-refractivity contribution in [3.63, 3.8) is 0 Å². The maximum atomic E-state index is 11.6. The Kier molecular flexibility index (Phi) is 3.83. The molecule has 96 valence electrons. The SMILES string of the molecule is Nc1cc(N)cc(OC(=O)C=Cc2ccccc2)c1. The number of anilines is 2. The molecule has 0 aliphatic heterocycles. The van der Waals surface area contributed by atoms with Crippen LogP contribution in [0.4, 0.5) is 11.4 Å². The summed E-state index contributed by atoms with van der Waals surface area (Å²) in [6, 6.07) is 14.2. The Balaban J connectivity index is 2.03. The molecule has 4 N–H and O–H groups in total. The Labute approximate surface area is 111 Å². The highest BCUT2D eigenvalue weighted by Gasteiger charge is 2.02. The average Bonchev–Trinajstić information content (AvgIpc) is 2.36. The number of carbonyl (C=O) groups is 1. The minimum absolute atomic E-state index is 0.334. The van der Waals surface area contributed by atoms with Crippen molar-refractivity contribution in [1.82, 2.24) is 0 Å². The smallest absolute Gasteiger partial charge is 0.336 e. The molecule has 0 aliphatic rings. The van der Waals surface area contributed by atoms with E-state index >= 15 is 0 Å². The molecule has 0 radical (unpaired) electrons. The van der Waals surface area contributed by atoms with Crippen LogP contribution >= 0.6 is 0 Å². The Morgan fingerprint density at radius 3 is 2.26 bits per heavy atom. The van der Waals surface area contributed by atoms with Gasteiger partial charge in [0.15, 0.2) is 0 Å². The van der Waals surface area contributed by atoms with E-state index in [1.807, 2.05) is 30.3 Å². The summed E-state index contributed by atoms with van der Waals surface area (Å²) in [5.74, 6) is -0.144. The first-order valence-electron chi connectivity index (χ1n) is 5.74. The fourth-order valence-electron chi connectivity index (χ4n) is 1.58. The van der Waals surface area contributed by atoms with Crippen molar-refractivity contribution in [2.24, 2.45) is 0 Å². The van der Waals surface area contributed by atoms with Crippen LogP contribution in [0.3, 0.4) is 0 Å². The summed E-state index contributed by atoms with van der Waals surface area (Å²) in [5.41, 5.74) is 13.1. The van der Waals surface area contributed by atoms with Crippen molar-refractivity contribution in [2.75, 3.05) is 11.5 Å². The van der Waals surface area contributed by atoms with Gasteiger partial charge in [-0.15, -0.1) is 0 Å². The second-order valence-electron chi connectivity index (χ2n) is 4.00. The molecule has 2 rings (SSSR count). The second-order valence-corrected chi connectivity index (χ2v) is 4.00. The fraction of sp³-hybridized carbons (Fsp3) is 0. The highest BCUT2D eigenvalue weighted by Crippen LogP contribution is 2.20. The summed E-state index contributed by atoms with van der Waals surface area (Å²) >= 11 is 0. The third-order valence-corrected chi connectivity index (χ3v) is 2.38. The molecule has 2 aromatic carbocycles. The van der Waals surface area contributed by atoms with Gasteiger partial charge >= 0.3 is 5.97 Å². The Bertz CT molecular complexity index is 587. The van der Waals surface area contributed by atoms with Gasteiger partial charge in [0.05, 0.1) is 0 Å². The molecule has 0 spiro atoms. The van der Waals surface area contributed by atoms with Crippen LogP contribution in [0.2, 0.25) is 0 Å². The number of ether oxygens (including phenoxy) is 1. The van der Waals surface area contributed by atoms with E-state index in [1.165, 1.54) is 6.08 Å². The largest absolute Gasteiger partial charge is 0.423 e. The molecule has 0 aromatic heterocycles. The molecule has 0 saturated heterocycles. The zero-order valence-corrected chi connectivity index (χ0v) is 10.2. The zero-order valence-electron chi connectivity index (χ0n) is 10.2. The number of rotatable bonds is 3. The van der Waals surface area contributed by atoms with Crippen LogP contribution in [0, 0.1) is 0 Å². The molecule has 0 atom stereocenters. The average molecular weight is 254 g/mol. The minimum Gasteiger partial charge on any atom is -0.423 e. The lowest BCUT2D eigenvalue weighted by Gasteiger charge is -2.04. The quantitative estimate of drug-likeness (QED) is 0.382. The first kappa shape index (κ1) is 12.7. The summed E-state index contributed by atoms with van der Waals surface area (Å²) in [7, 11) is 0. The molecule has 4 nitrogen and oxygen atoms in total. The van der Waals surface area contributed by atoms with Crippen LogP contribution in [-0.4, -0.2) is 5.97 Å². The van der Waals surface area contributed by atoms with Gasteiger partial charge in [0.25, 0.3) is 0 Å². The maximum absolute atomic E-state index is 11.6. The summed E-state index contributed by atoms with van der Waals surface area (Å²) in [6.45, 7) is 0. The van der Waals surface area contributed by atoms with Crippen molar-refractivity contribution in [1.29, 1.82) is 0 Å². The predicted molar refractivity (Wildman–Crippen MR) is 76.4 cm³/mol. The van der Waals surface area contributed by atoms with E-state index in [2.05, 4.69) is 0 Å². The van der Waals surface area contributed by atoms with Crippen LogP contribution in [0.15, 0.2) is 54.6 Å². The first-order valence-corrected chi connectivity index (χ1v) is 5.74. The van der Waals surface area contributed by atoms with E-state index < -0.39 is 5.97 Å².